The summed E-state index contributed by atoms with van der Waals surface area (Å²) >= 11 is 0. The van der Waals surface area contributed by atoms with Crippen LogP contribution in [0.25, 0.3) is 0 Å². The topological polar surface area (TPSA) is 32.3 Å². The van der Waals surface area contributed by atoms with Gasteiger partial charge in [0.25, 0.3) is 0 Å². The van der Waals surface area contributed by atoms with E-state index in [1.54, 1.807) is 0 Å². The van der Waals surface area contributed by atoms with Gasteiger partial charge in [0, 0.05) is 6.04 Å². The molecule has 2 aliphatic rings. The molecule has 1 atom stereocenters. The summed E-state index contributed by atoms with van der Waals surface area (Å²) in [5.74, 6) is 1.01. The molecular formula is C13H24N2O. The third kappa shape index (κ3) is 1.97. The normalized spacial score (nSPS) is 26.0. The second-order valence-corrected chi connectivity index (χ2v) is 5.88. The van der Waals surface area contributed by atoms with Crippen molar-refractivity contribution < 1.29 is 4.79 Å². The number of nitrogens with zero attached hydrogens (tertiary/aromatic N) is 1. The average Bonchev–Trinajstić information content (AvgIpc) is 2.77. The highest BCUT2D eigenvalue weighted by Gasteiger charge is 2.48. The Morgan fingerprint density at radius 1 is 1.31 bits per heavy atom. The SMILES string of the molecule is CC(C)CC(C)N1CNC2(CCCC2)C1=O. The Labute approximate surface area is 98.6 Å². The Balaban J connectivity index is 2.01. The maximum absolute atomic E-state index is 12.4. The first kappa shape index (κ1) is 11.9. The molecule has 0 bridgehead atoms. The first-order valence-electron chi connectivity index (χ1n) is 6.61. The molecule has 3 heteroatoms. The van der Waals surface area contributed by atoms with Gasteiger partial charge in [0.2, 0.25) is 5.91 Å². The maximum Gasteiger partial charge on any atom is 0.244 e. The quantitative estimate of drug-likeness (QED) is 0.796. The van der Waals surface area contributed by atoms with Crippen LogP contribution in [0.5, 0.6) is 0 Å². The predicted octanol–water partition coefficient (Wildman–Crippen LogP) is 2.12. The van der Waals surface area contributed by atoms with Gasteiger partial charge in [0.05, 0.1) is 12.2 Å². The molecule has 0 aromatic rings. The second-order valence-electron chi connectivity index (χ2n) is 5.88. The third-order valence-electron chi connectivity index (χ3n) is 4.06. The fraction of sp³-hybridized carbons (Fsp3) is 0.923. The van der Waals surface area contributed by atoms with Gasteiger partial charge in [0.15, 0.2) is 0 Å². The van der Waals surface area contributed by atoms with Gasteiger partial charge in [-0.1, -0.05) is 26.7 Å². The van der Waals surface area contributed by atoms with Gasteiger partial charge in [-0.2, -0.15) is 0 Å². The van der Waals surface area contributed by atoms with Crippen molar-refractivity contribution in [3.05, 3.63) is 0 Å². The number of amides is 1. The van der Waals surface area contributed by atoms with E-state index in [1.807, 2.05) is 4.90 Å². The molecule has 1 aliphatic carbocycles. The monoisotopic (exact) mass is 224 g/mol. The molecule has 1 saturated heterocycles. The van der Waals surface area contributed by atoms with Crippen LogP contribution in [-0.2, 0) is 4.79 Å². The van der Waals surface area contributed by atoms with Crippen LogP contribution in [0.1, 0.15) is 52.9 Å². The van der Waals surface area contributed by atoms with E-state index in [-0.39, 0.29) is 5.54 Å². The molecule has 1 heterocycles. The van der Waals surface area contributed by atoms with Crippen molar-refractivity contribution in [1.82, 2.24) is 10.2 Å². The zero-order chi connectivity index (χ0) is 11.8. The zero-order valence-corrected chi connectivity index (χ0v) is 10.8. The molecule has 1 unspecified atom stereocenters. The molecule has 3 nitrogen and oxygen atoms in total. The summed E-state index contributed by atoms with van der Waals surface area (Å²) in [6.07, 6.45) is 5.58. The van der Waals surface area contributed by atoms with E-state index >= 15 is 0 Å². The van der Waals surface area contributed by atoms with E-state index in [9.17, 15) is 4.79 Å². The van der Waals surface area contributed by atoms with Crippen LogP contribution in [0.4, 0.5) is 0 Å². The average molecular weight is 224 g/mol. The van der Waals surface area contributed by atoms with Crippen molar-refractivity contribution in [3.8, 4) is 0 Å². The van der Waals surface area contributed by atoms with Gasteiger partial charge < -0.3 is 4.90 Å². The largest absolute Gasteiger partial charge is 0.326 e. The van der Waals surface area contributed by atoms with Gasteiger partial charge in [0.1, 0.15) is 0 Å². The Morgan fingerprint density at radius 2 is 1.94 bits per heavy atom. The number of nitrogens with one attached hydrogen (secondary N) is 1. The van der Waals surface area contributed by atoms with Gasteiger partial charge in [-0.3, -0.25) is 10.1 Å². The van der Waals surface area contributed by atoms with E-state index < -0.39 is 0 Å². The van der Waals surface area contributed by atoms with Gasteiger partial charge >= 0.3 is 0 Å². The summed E-state index contributed by atoms with van der Waals surface area (Å²) in [6, 6.07) is 0.375. The van der Waals surface area contributed by atoms with E-state index in [0.717, 1.165) is 25.9 Å². The molecule has 16 heavy (non-hydrogen) atoms. The number of carbonyl (C=O) groups excluding carboxylic acids is 1. The smallest absolute Gasteiger partial charge is 0.244 e. The Hall–Kier alpha value is -0.570. The molecule has 1 spiro atoms. The van der Waals surface area contributed by atoms with Gasteiger partial charge in [-0.25, -0.2) is 0 Å². The minimum atomic E-state index is -0.175. The molecule has 92 valence electrons. The summed E-state index contributed by atoms with van der Waals surface area (Å²) in [7, 11) is 0. The summed E-state index contributed by atoms with van der Waals surface area (Å²) in [6.45, 7) is 7.37. The lowest BCUT2D eigenvalue weighted by Crippen LogP contribution is -2.45. The second kappa shape index (κ2) is 4.36. The van der Waals surface area contributed by atoms with E-state index in [2.05, 4.69) is 26.1 Å². The van der Waals surface area contributed by atoms with Crippen LogP contribution in [0.15, 0.2) is 0 Å². The van der Waals surface area contributed by atoms with Gasteiger partial charge in [-0.15, -0.1) is 0 Å². The molecule has 0 radical (unpaired) electrons. The lowest BCUT2D eigenvalue weighted by Gasteiger charge is -2.27. The van der Waals surface area contributed by atoms with Crippen LogP contribution in [0.3, 0.4) is 0 Å². The van der Waals surface area contributed by atoms with Crippen LogP contribution in [-0.4, -0.2) is 29.1 Å². The van der Waals surface area contributed by atoms with Gasteiger partial charge in [-0.05, 0) is 32.1 Å². The third-order valence-corrected chi connectivity index (χ3v) is 4.06. The minimum absolute atomic E-state index is 0.175. The van der Waals surface area contributed by atoms with Crippen LogP contribution in [0, 0.1) is 5.92 Å². The molecule has 1 saturated carbocycles. The van der Waals surface area contributed by atoms with Crippen molar-refractivity contribution in [2.75, 3.05) is 6.67 Å². The van der Waals surface area contributed by atoms with Crippen molar-refractivity contribution in [2.45, 2.75) is 64.5 Å². The summed E-state index contributed by atoms with van der Waals surface area (Å²) in [4.78, 5) is 14.5. The molecule has 2 fully saturated rings. The molecule has 2 rings (SSSR count). The Bertz CT molecular complexity index is 269. The lowest BCUT2D eigenvalue weighted by molar-refractivity contribution is -0.134. The minimum Gasteiger partial charge on any atom is -0.326 e. The highest BCUT2D eigenvalue weighted by Crippen LogP contribution is 2.35. The van der Waals surface area contributed by atoms with Crippen LogP contribution in [0.2, 0.25) is 0 Å². The first-order valence-corrected chi connectivity index (χ1v) is 6.61. The summed E-state index contributed by atoms with van der Waals surface area (Å²) < 4.78 is 0. The summed E-state index contributed by atoms with van der Waals surface area (Å²) in [5.41, 5.74) is -0.175. The number of hydrogen-bond acceptors (Lipinski definition) is 2. The first-order chi connectivity index (χ1) is 7.55. The Kier molecular flexibility index (Phi) is 3.24. The fourth-order valence-electron chi connectivity index (χ4n) is 3.19. The van der Waals surface area contributed by atoms with Crippen LogP contribution >= 0.6 is 0 Å². The number of carbonyl (C=O) groups is 1. The number of hydrogen-bond donors (Lipinski definition) is 1. The molecule has 0 aromatic heterocycles. The highest BCUT2D eigenvalue weighted by atomic mass is 16.2. The maximum atomic E-state index is 12.4. The molecule has 0 aromatic carbocycles. The predicted molar refractivity (Wildman–Crippen MR) is 65.0 cm³/mol. The molecular weight excluding hydrogens is 200 g/mol. The lowest BCUT2D eigenvalue weighted by atomic mass is 9.96. The molecule has 1 amide bonds. The van der Waals surface area contributed by atoms with Crippen molar-refractivity contribution in [3.63, 3.8) is 0 Å². The van der Waals surface area contributed by atoms with E-state index in [4.69, 9.17) is 0 Å². The van der Waals surface area contributed by atoms with E-state index in [0.29, 0.717) is 17.9 Å². The Morgan fingerprint density at radius 3 is 2.50 bits per heavy atom. The summed E-state index contributed by atoms with van der Waals surface area (Å²) in [5, 5.41) is 3.46. The van der Waals surface area contributed by atoms with E-state index in [1.165, 1.54) is 12.8 Å². The zero-order valence-electron chi connectivity index (χ0n) is 10.8. The van der Waals surface area contributed by atoms with Crippen LogP contribution < -0.4 is 5.32 Å². The standard InChI is InChI=1S/C13H24N2O/c1-10(2)8-11(3)15-9-14-13(12(15)16)6-4-5-7-13/h10-11,14H,4-9H2,1-3H3. The van der Waals surface area contributed by atoms with Crippen molar-refractivity contribution in [2.24, 2.45) is 5.92 Å². The number of rotatable bonds is 3. The van der Waals surface area contributed by atoms with Crippen molar-refractivity contribution >= 4 is 5.91 Å². The molecule has 1 aliphatic heterocycles. The fourth-order valence-corrected chi connectivity index (χ4v) is 3.19. The highest BCUT2D eigenvalue weighted by molar-refractivity contribution is 5.88. The van der Waals surface area contributed by atoms with Crippen molar-refractivity contribution in [1.29, 1.82) is 0 Å². The molecule has 1 N–H and O–H groups in total.